The zero-order chi connectivity index (χ0) is 23.9. The second-order valence-corrected chi connectivity index (χ2v) is 10.2. The second-order valence-electron chi connectivity index (χ2n) is 7.86. The van der Waals surface area contributed by atoms with Crippen molar-refractivity contribution >= 4 is 39.0 Å². The molecule has 34 heavy (non-hydrogen) atoms. The van der Waals surface area contributed by atoms with Crippen molar-refractivity contribution < 1.29 is 13.5 Å². The largest absolute Gasteiger partial charge is 0.395 e. The van der Waals surface area contributed by atoms with E-state index in [0.29, 0.717) is 40.0 Å². The number of nitrogen functional groups attached to an aromatic ring is 1. The highest BCUT2D eigenvalue weighted by molar-refractivity contribution is 7.98. The predicted octanol–water partition coefficient (Wildman–Crippen LogP) is -0.0409. The van der Waals surface area contributed by atoms with E-state index in [0.717, 1.165) is 11.9 Å². The Morgan fingerprint density at radius 3 is 2.79 bits per heavy atom. The Morgan fingerprint density at radius 2 is 2.09 bits per heavy atom. The first-order valence-corrected chi connectivity index (χ1v) is 12.7. The summed E-state index contributed by atoms with van der Waals surface area (Å²) >= 11 is 1.15. The number of H-pyrrole nitrogens is 2. The van der Waals surface area contributed by atoms with Crippen molar-refractivity contribution in [3.8, 4) is 22.5 Å². The van der Waals surface area contributed by atoms with E-state index in [1.807, 2.05) is 6.07 Å². The Bertz CT molecular complexity index is 1440. The number of hydrogen-bond acceptors (Lipinski definition) is 11. The SMILES string of the molecule is Nc1nc2c(-c3ccc(SN[C@@H]4CN[C@@H](CO)C4)c(S(N)(=O)=O)c3-c3nn[nH]n3)cccc2[nH]1. The standard InChI is InChI=1S/C19H22N10O3S2/c20-19-23-13-3-1-2-12(16(13)24-19)11-4-5-14(33-27-9-6-10(8-30)22-7-9)17(34(21,31)32)15(11)18-25-28-29-26-18/h1-5,9-10,22,27,30H,6-8H2,(H3,20,23,24)(H2,21,31,32)(H,25,26,28,29)/t9-,10+/m0/s1. The van der Waals surface area contributed by atoms with Crippen LogP contribution in [-0.4, -0.2) is 69.4 Å². The monoisotopic (exact) mass is 502 g/mol. The molecule has 2 aromatic carbocycles. The van der Waals surface area contributed by atoms with Gasteiger partial charge in [-0.05, 0) is 41.3 Å². The van der Waals surface area contributed by atoms with E-state index in [4.69, 9.17) is 10.9 Å². The normalized spacial score (nSPS) is 18.6. The third-order valence-electron chi connectivity index (χ3n) is 5.57. The molecule has 178 valence electrons. The Kier molecular flexibility index (Phi) is 5.97. The molecule has 1 fully saturated rings. The van der Waals surface area contributed by atoms with Crippen LogP contribution in [0.4, 0.5) is 5.95 Å². The Hall–Kier alpha value is -3.08. The van der Waals surface area contributed by atoms with Crippen LogP contribution >= 0.6 is 11.9 Å². The molecule has 0 saturated carbocycles. The van der Waals surface area contributed by atoms with Gasteiger partial charge in [0.2, 0.25) is 15.8 Å². The molecule has 0 aliphatic carbocycles. The number of aromatic amines is 2. The molecular formula is C19H22N10O3S2. The second kappa shape index (κ2) is 8.94. The Balaban J connectivity index is 1.66. The first-order valence-electron chi connectivity index (χ1n) is 10.3. The number of nitrogens with zero attached hydrogens (tertiary/aromatic N) is 4. The first-order chi connectivity index (χ1) is 16.3. The van der Waals surface area contributed by atoms with Gasteiger partial charge >= 0.3 is 0 Å². The lowest BCUT2D eigenvalue weighted by Crippen LogP contribution is -2.26. The van der Waals surface area contributed by atoms with Crippen molar-refractivity contribution in [2.24, 2.45) is 5.14 Å². The molecule has 5 rings (SSSR count). The third-order valence-corrected chi connectivity index (χ3v) is 7.71. The molecule has 9 N–H and O–H groups in total. The van der Waals surface area contributed by atoms with Crippen LogP contribution in [-0.2, 0) is 10.0 Å². The lowest BCUT2D eigenvalue weighted by atomic mass is 9.98. The number of rotatable bonds is 7. The van der Waals surface area contributed by atoms with Crippen LogP contribution in [0.2, 0.25) is 0 Å². The van der Waals surface area contributed by atoms with Crippen LogP contribution in [0.25, 0.3) is 33.5 Å². The molecule has 0 spiro atoms. The van der Waals surface area contributed by atoms with E-state index in [1.54, 1.807) is 24.3 Å². The molecule has 13 nitrogen and oxygen atoms in total. The number of primary sulfonamides is 1. The smallest absolute Gasteiger partial charge is 0.239 e. The topological polar surface area (TPSA) is 214 Å². The Labute approximate surface area is 198 Å². The van der Waals surface area contributed by atoms with Crippen molar-refractivity contribution in [3.05, 3.63) is 30.3 Å². The summed E-state index contributed by atoms with van der Waals surface area (Å²) < 4.78 is 29.0. The number of nitrogens with one attached hydrogen (secondary N) is 4. The maximum atomic E-state index is 12.9. The fourth-order valence-corrected chi connectivity index (χ4v) is 6.22. The van der Waals surface area contributed by atoms with Crippen molar-refractivity contribution in [2.75, 3.05) is 18.9 Å². The number of para-hydroxylation sites is 1. The van der Waals surface area contributed by atoms with Crippen LogP contribution in [0.3, 0.4) is 0 Å². The summed E-state index contributed by atoms with van der Waals surface area (Å²) in [7, 11) is -4.22. The highest BCUT2D eigenvalue weighted by Gasteiger charge is 2.29. The number of aliphatic hydroxyl groups is 1. The minimum Gasteiger partial charge on any atom is -0.395 e. The van der Waals surface area contributed by atoms with Gasteiger partial charge in [-0.15, -0.1) is 10.2 Å². The molecule has 4 aromatic rings. The molecule has 3 heterocycles. The predicted molar refractivity (Wildman–Crippen MR) is 127 cm³/mol. The Morgan fingerprint density at radius 1 is 1.24 bits per heavy atom. The van der Waals surface area contributed by atoms with Crippen LogP contribution in [0.5, 0.6) is 0 Å². The fourth-order valence-electron chi connectivity index (χ4n) is 4.10. The molecule has 0 radical (unpaired) electrons. The molecular weight excluding hydrogens is 480 g/mol. The molecule has 15 heteroatoms. The van der Waals surface area contributed by atoms with Gasteiger partial charge in [-0.3, -0.25) is 4.72 Å². The molecule has 1 saturated heterocycles. The average Bonchev–Trinajstić information content (AvgIpc) is 3.56. The number of tetrazole rings is 1. The summed E-state index contributed by atoms with van der Waals surface area (Å²) in [5.74, 6) is 0.308. The number of benzene rings is 2. The highest BCUT2D eigenvalue weighted by Crippen LogP contribution is 2.41. The van der Waals surface area contributed by atoms with E-state index in [-0.39, 0.29) is 40.9 Å². The number of nitrogens with two attached hydrogens (primary N) is 2. The molecule has 1 aliphatic heterocycles. The van der Waals surface area contributed by atoms with Gasteiger partial charge in [0.25, 0.3) is 0 Å². The van der Waals surface area contributed by atoms with Crippen LogP contribution < -0.4 is 20.9 Å². The van der Waals surface area contributed by atoms with Crippen LogP contribution in [0.1, 0.15) is 6.42 Å². The number of sulfonamides is 1. The number of imidazole rings is 1. The molecule has 1 aliphatic rings. The van der Waals surface area contributed by atoms with Gasteiger partial charge in [0.05, 0.1) is 23.2 Å². The van der Waals surface area contributed by atoms with Crippen LogP contribution in [0, 0.1) is 0 Å². The van der Waals surface area contributed by atoms with E-state index in [9.17, 15) is 13.5 Å². The lowest BCUT2D eigenvalue weighted by Gasteiger charge is -2.17. The molecule has 0 bridgehead atoms. The number of fused-ring (bicyclic) bond motifs is 1. The number of hydrogen-bond donors (Lipinski definition) is 7. The van der Waals surface area contributed by atoms with Gasteiger partial charge in [0, 0.05) is 29.1 Å². The summed E-state index contributed by atoms with van der Waals surface area (Å²) in [6, 6.07) is 8.91. The minimum absolute atomic E-state index is 0.00476. The molecule has 0 unspecified atom stereocenters. The van der Waals surface area contributed by atoms with Gasteiger partial charge in [0.15, 0.2) is 5.95 Å². The van der Waals surface area contributed by atoms with E-state index >= 15 is 0 Å². The van der Waals surface area contributed by atoms with Crippen molar-refractivity contribution in [1.82, 2.24) is 40.6 Å². The first kappa shape index (κ1) is 22.7. The highest BCUT2D eigenvalue weighted by atomic mass is 32.2. The number of anilines is 1. The van der Waals surface area contributed by atoms with Crippen LogP contribution in [0.15, 0.2) is 40.1 Å². The van der Waals surface area contributed by atoms with Gasteiger partial charge in [-0.25, -0.2) is 18.5 Å². The molecule has 2 aromatic heterocycles. The van der Waals surface area contributed by atoms with Gasteiger partial charge in [-0.2, -0.15) is 5.21 Å². The minimum atomic E-state index is -4.22. The van der Waals surface area contributed by atoms with Crippen molar-refractivity contribution in [1.29, 1.82) is 0 Å². The van der Waals surface area contributed by atoms with Crippen molar-refractivity contribution in [3.63, 3.8) is 0 Å². The van der Waals surface area contributed by atoms with Gasteiger partial charge < -0.3 is 21.1 Å². The van der Waals surface area contributed by atoms with E-state index in [2.05, 4.69) is 40.6 Å². The zero-order valence-corrected chi connectivity index (χ0v) is 19.3. The number of aromatic nitrogens is 6. The number of aliphatic hydroxyl groups excluding tert-OH is 1. The zero-order valence-electron chi connectivity index (χ0n) is 17.7. The van der Waals surface area contributed by atoms with E-state index < -0.39 is 10.0 Å². The van der Waals surface area contributed by atoms with Gasteiger partial charge in [-0.1, -0.05) is 18.2 Å². The lowest BCUT2D eigenvalue weighted by molar-refractivity contribution is 0.254. The average molecular weight is 503 g/mol. The maximum absolute atomic E-state index is 12.9. The summed E-state index contributed by atoms with van der Waals surface area (Å²) in [5.41, 5.74) is 8.46. The van der Waals surface area contributed by atoms with Gasteiger partial charge in [0.1, 0.15) is 4.90 Å². The third kappa shape index (κ3) is 4.24. The summed E-state index contributed by atoms with van der Waals surface area (Å²) in [5, 5.41) is 32.3. The van der Waals surface area contributed by atoms with E-state index in [1.165, 1.54) is 0 Å². The molecule has 0 amide bonds. The fraction of sp³-hybridized carbons (Fsp3) is 0.263. The maximum Gasteiger partial charge on any atom is 0.239 e. The summed E-state index contributed by atoms with van der Waals surface area (Å²) in [4.78, 5) is 7.59. The summed E-state index contributed by atoms with van der Waals surface area (Å²) in [6.07, 6.45) is 0.701. The molecule has 2 atom stereocenters. The summed E-state index contributed by atoms with van der Waals surface area (Å²) in [6.45, 7) is 0.673. The van der Waals surface area contributed by atoms with Crippen molar-refractivity contribution in [2.45, 2.75) is 28.3 Å². The quantitative estimate of drug-likeness (QED) is 0.166.